The van der Waals surface area contributed by atoms with Crippen LogP contribution in [0.1, 0.15) is 5.56 Å². The third-order valence-corrected chi connectivity index (χ3v) is 2.90. The molecular weight excluding hydrogens is 256 g/mol. The van der Waals surface area contributed by atoms with Crippen molar-refractivity contribution >= 4 is 36.3 Å². The van der Waals surface area contributed by atoms with E-state index in [9.17, 15) is 0 Å². The van der Waals surface area contributed by atoms with Crippen molar-refractivity contribution in [3.63, 3.8) is 0 Å². The molecule has 1 aromatic carbocycles. The average Bonchev–Trinajstić information content (AvgIpc) is 2.05. The molecule has 0 nitrogen and oxygen atoms in total. The summed E-state index contributed by atoms with van der Waals surface area (Å²) in [6.07, 6.45) is 0. The first-order chi connectivity index (χ1) is 4.84. The minimum atomic E-state index is 1.06. The Hall–Kier alpha value is -0.0800. The van der Waals surface area contributed by atoms with Crippen LogP contribution in [0.3, 0.4) is 0 Å². The molecule has 0 N–H and O–H groups in total. The third-order valence-electron chi connectivity index (χ3n) is 1.15. The molecule has 0 saturated carbocycles. The van der Waals surface area contributed by atoms with Crippen LogP contribution in [0.4, 0.5) is 0 Å². The zero-order chi connectivity index (χ0) is 7.40. The van der Waals surface area contributed by atoms with Crippen molar-refractivity contribution in [2.24, 2.45) is 0 Å². The molecule has 0 atom stereocenters. The van der Waals surface area contributed by atoms with Gasteiger partial charge in [-0.2, -0.15) is 0 Å². The lowest BCUT2D eigenvalue weighted by Gasteiger charge is -1.94. The number of halogens is 2. The van der Waals surface area contributed by atoms with Gasteiger partial charge in [0.25, 0.3) is 0 Å². The largest absolute Gasteiger partial charge is 0.0622 e. The van der Waals surface area contributed by atoms with Gasteiger partial charge in [-0.05, 0) is 26.5 Å². The molecule has 10 heavy (non-hydrogen) atoms. The number of rotatable bonds is 1. The summed E-state index contributed by atoms with van der Waals surface area (Å²) in [5.41, 5.74) is 1.18. The highest BCUT2D eigenvalue weighted by Crippen LogP contribution is 2.21. The van der Waals surface area contributed by atoms with Crippen molar-refractivity contribution in [3.05, 3.63) is 40.9 Å². The Morgan fingerprint density at radius 1 is 1.20 bits per heavy atom. The minimum Gasteiger partial charge on any atom is -0.0622 e. The van der Waals surface area contributed by atoms with E-state index in [2.05, 4.69) is 31.9 Å². The quantitative estimate of drug-likeness (QED) is 0.722. The molecule has 0 amide bonds. The first-order valence-corrected chi connectivity index (χ1v) is 4.57. The van der Waals surface area contributed by atoms with Crippen LogP contribution in [-0.4, -0.2) is 0 Å². The molecule has 2 heteroatoms. The third kappa shape index (κ3) is 1.96. The molecule has 0 aliphatic rings. The molecule has 1 aromatic rings. The summed E-state index contributed by atoms with van der Waals surface area (Å²) in [5, 5.41) is 0. The van der Waals surface area contributed by atoms with Crippen LogP contribution in [0.25, 0.3) is 4.48 Å². The van der Waals surface area contributed by atoms with Crippen LogP contribution in [0, 0.1) is 0 Å². The highest BCUT2D eigenvalue weighted by Gasteiger charge is 1.91. The van der Waals surface area contributed by atoms with Crippen molar-refractivity contribution in [3.8, 4) is 0 Å². The van der Waals surface area contributed by atoms with Gasteiger partial charge in [0.1, 0.15) is 0 Å². The average molecular weight is 262 g/mol. The van der Waals surface area contributed by atoms with Crippen LogP contribution < -0.4 is 0 Å². The van der Waals surface area contributed by atoms with Gasteiger partial charge < -0.3 is 0 Å². The fourth-order valence-electron chi connectivity index (χ4n) is 0.660. The fraction of sp³-hybridized carbons (Fsp3) is 0. The van der Waals surface area contributed by atoms with E-state index in [-0.39, 0.29) is 0 Å². The standard InChI is InChI=1S/C8H6Br2/c9-6-8(10)7-4-2-1-3-5-7/h1-6H/b8-6+. The van der Waals surface area contributed by atoms with Crippen molar-refractivity contribution in [1.29, 1.82) is 0 Å². The second-order valence-electron chi connectivity index (χ2n) is 1.82. The van der Waals surface area contributed by atoms with Crippen LogP contribution in [-0.2, 0) is 0 Å². The van der Waals surface area contributed by atoms with E-state index >= 15 is 0 Å². The number of benzene rings is 1. The Morgan fingerprint density at radius 3 is 2.30 bits per heavy atom. The zero-order valence-corrected chi connectivity index (χ0v) is 8.39. The second-order valence-corrected chi connectivity index (χ2v) is 3.14. The van der Waals surface area contributed by atoms with E-state index in [0.717, 1.165) is 4.48 Å². The number of hydrogen-bond acceptors (Lipinski definition) is 0. The Kier molecular flexibility index (Phi) is 3.16. The van der Waals surface area contributed by atoms with Gasteiger partial charge in [0.15, 0.2) is 0 Å². The smallest absolute Gasteiger partial charge is 0.0316 e. The molecule has 0 radical (unpaired) electrons. The lowest BCUT2D eigenvalue weighted by molar-refractivity contribution is 1.66. The zero-order valence-electron chi connectivity index (χ0n) is 5.22. The lowest BCUT2D eigenvalue weighted by atomic mass is 10.2. The van der Waals surface area contributed by atoms with Crippen LogP contribution in [0.15, 0.2) is 35.3 Å². The maximum absolute atomic E-state index is 3.40. The lowest BCUT2D eigenvalue weighted by Crippen LogP contribution is -1.71. The maximum Gasteiger partial charge on any atom is 0.0316 e. The minimum absolute atomic E-state index is 1.06. The van der Waals surface area contributed by atoms with E-state index in [1.807, 2.05) is 35.3 Å². The molecule has 0 bridgehead atoms. The first kappa shape index (κ1) is 8.02. The molecule has 0 heterocycles. The second kappa shape index (κ2) is 3.94. The summed E-state index contributed by atoms with van der Waals surface area (Å²) in [6.45, 7) is 0. The summed E-state index contributed by atoms with van der Waals surface area (Å²) in [7, 11) is 0. The maximum atomic E-state index is 3.40. The SMILES string of the molecule is Br/C=C(/Br)c1ccccc1. The van der Waals surface area contributed by atoms with Crippen molar-refractivity contribution in [2.75, 3.05) is 0 Å². The molecular formula is C8H6Br2. The summed E-state index contributed by atoms with van der Waals surface area (Å²) in [5.74, 6) is 0. The molecule has 0 aliphatic carbocycles. The van der Waals surface area contributed by atoms with E-state index < -0.39 is 0 Å². The molecule has 0 aliphatic heterocycles. The fourth-order valence-corrected chi connectivity index (χ4v) is 1.19. The first-order valence-electron chi connectivity index (χ1n) is 2.86. The van der Waals surface area contributed by atoms with E-state index in [0.29, 0.717) is 0 Å². The molecule has 52 valence electrons. The molecule has 0 unspecified atom stereocenters. The van der Waals surface area contributed by atoms with Gasteiger partial charge in [-0.25, -0.2) is 0 Å². The highest BCUT2D eigenvalue weighted by atomic mass is 79.9. The highest BCUT2D eigenvalue weighted by molar-refractivity contribution is 9.16. The summed E-state index contributed by atoms with van der Waals surface area (Å²) >= 11 is 6.64. The monoisotopic (exact) mass is 260 g/mol. The molecule has 1 rings (SSSR count). The molecule has 0 fully saturated rings. The predicted molar refractivity (Wildman–Crippen MR) is 52.3 cm³/mol. The Labute approximate surface area is 77.2 Å². The van der Waals surface area contributed by atoms with Crippen molar-refractivity contribution < 1.29 is 0 Å². The topological polar surface area (TPSA) is 0 Å². The van der Waals surface area contributed by atoms with E-state index in [1.165, 1.54) is 5.56 Å². The Morgan fingerprint density at radius 2 is 1.80 bits per heavy atom. The summed E-state index contributed by atoms with van der Waals surface area (Å²) in [6, 6.07) is 10.1. The summed E-state index contributed by atoms with van der Waals surface area (Å²) in [4.78, 5) is 1.85. The molecule has 0 spiro atoms. The predicted octanol–water partition coefficient (Wildman–Crippen LogP) is 3.77. The van der Waals surface area contributed by atoms with Gasteiger partial charge >= 0.3 is 0 Å². The van der Waals surface area contributed by atoms with Crippen LogP contribution >= 0.6 is 31.9 Å². The van der Waals surface area contributed by atoms with Crippen molar-refractivity contribution in [2.45, 2.75) is 0 Å². The van der Waals surface area contributed by atoms with Gasteiger partial charge in [0.2, 0.25) is 0 Å². The van der Waals surface area contributed by atoms with Gasteiger partial charge in [0, 0.05) is 4.48 Å². The van der Waals surface area contributed by atoms with Gasteiger partial charge in [-0.3, -0.25) is 0 Å². The molecule has 0 saturated heterocycles. The summed E-state index contributed by atoms with van der Waals surface area (Å²) < 4.78 is 1.06. The number of hydrogen-bond donors (Lipinski definition) is 0. The Bertz CT molecular complexity index is 226. The van der Waals surface area contributed by atoms with Gasteiger partial charge in [-0.15, -0.1) is 0 Å². The normalized spacial score (nSPS) is 11.6. The Balaban J connectivity index is 2.96. The van der Waals surface area contributed by atoms with Crippen LogP contribution in [0.2, 0.25) is 0 Å². The van der Waals surface area contributed by atoms with E-state index in [4.69, 9.17) is 0 Å². The van der Waals surface area contributed by atoms with E-state index in [1.54, 1.807) is 0 Å². The van der Waals surface area contributed by atoms with Gasteiger partial charge in [0.05, 0.1) is 0 Å². The van der Waals surface area contributed by atoms with Crippen LogP contribution in [0.5, 0.6) is 0 Å². The van der Waals surface area contributed by atoms with Gasteiger partial charge in [-0.1, -0.05) is 46.3 Å². The van der Waals surface area contributed by atoms with Crippen molar-refractivity contribution in [1.82, 2.24) is 0 Å². The molecule has 0 aromatic heterocycles.